The number of aliphatic hydroxyl groups is 3. The van der Waals surface area contributed by atoms with Crippen molar-refractivity contribution in [3.8, 4) is 0 Å². The van der Waals surface area contributed by atoms with Gasteiger partial charge in [0.2, 0.25) is 0 Å². The first-order valence-electron chi connectivity index (χ1n) is 6.10. The van der Waals surface area contributed by atoms with E-state index in [1.54, 1.807) is 13.0 Å². The summed E-state index contributed by atoms with van der Waals surface area (Å²) in [4.78, 5) is 25.3. The van der Waals surface area contributed by atoms with Crippen molar-refractivity contribution in [3.63, 3.8) is 0 Å². The van der Waals surface area contributed by atoms with Gasteiger partial charge in [-0.2, -0.15) is 0 Å². The molecule has 1 aliphatic heterocycles. The summed E-state index contributed by atoms with van der Waals surface area (Å²) in [5.41, 5.74) is -1.11. The van der Waals surface area contributed by atoms with Gasteiger partial charge in [0.05, 0.1) is 12.3 Å². The van der Waals surface area contributed by atoms with Crippen LogP contribution in [0.1, 0.15) is 18.8 Å². The molecule has 1 aliphatic rings. The number of hydrogen-bond acceptors (Lipinski definition) is 6. The third-order valence-corrected chi connectivity index (χ3v) is 3.12. The van der Waals surface area contributed by atoms with Crippen molar-refractivity contribution in [2.45, 2.75) is 31.5 Å². The second-order valence-corrected chi connectivity index (χ2v) is 4.46. The SMILES string of the molecule is C/C=C/c1cc(=O)[nH]c(=O)n1C1O[C@H](CO)[C@@H](O)[C@H]1O. The molecule has 2 heterocycles. The molecule has 1 aromatic heterocycles. The predicted molar refractivity (Wildman–Crippen MR) is 69.0 cm³/mol. The molecule has 110 valence electrons. The zero-order chi connectivity index (χ0) is 14.9. The maximum atomic E-state index is 11.9. The first-order valence-corrected chi connectivity index (χ1v) is 6.10. The van der Waals surface area contributed by atoms with Crippen molar-refractivity contribution in [2.24, 2.45) is 0 Å². The predicted octanol–water partition coefficient (Wildman–Crippen LogP) is -1.82. The fourth-order valence-corrected chi connectivity index (χ4v) is 2.18. The number of allylic oxidation sites excluding steroid dienone is 1. The number of aliphatic hydroxyl groups excluding tert-OH is 3. The normalized spacial score (nSPS) is 30.2. The molecule has 1 saturated heterocycles. The Kier molecular flexibility index (Phi) is 4.19. The smallest absolute Gasteiger partial charge is 0.331 e. The standard InChI is InChI=1S/C12H16N2O6/c1-2-3-6-4-8(16)13-12(19)14(6)11-10(18)9(17)7(5-15)20-11/h2-4,7,9-11,15,17-18H,5H2,1H3,(H,13,16,19)/b3-2+/t7-,9-,10-,11?/m1/s1. The summed E-state index contributed by atoms with van der Waals surface area (Å²) in [6, 6.07) is 1.18. The van der Waals surface area contributed by atoms with Crippen LogP contribution in [-0.4, -0.2) is 49.8 Å². The average molecular weight is 284 g/mol. The molecule has 0 amide bonds. The lowest BCUT2D eigenvalue weighted by molar-refractivity contribution is -0.0553. The molecule has 0 spiro atoms. The van der Waals surface area contributed by atoms with Crippen molar-refractivity contribution in [3.05, 3.63) is 38.7 Å². The maximum Gasteiger partial charge on any atom is 0.331 e. The number of aromatic nitrogens is 2. The fraction of sp³-hybridized carbons (Fsp3) is 0.500. The summed E-state index contributed by atoms with van der Waals surface area (Å²) in [7, 11) is 0. The highest BCUT2D eigenvalue weighted by molar-refractivity contribution is 5.43. The molecule has 0 saturated carbocycles. The van der Waals surface area contributed by atoms with Gasteiger partial charge >= 0.3 is 5.69 Å². The van der Waals surface area contributed by atoms with E-state index in [4.69, 9.17) is 9.84 Å². The lowest BCUT2D eigenvalue weighted by Gasteiger charge is -2.19. The summed E-state index contributed by atoms with van der Waals surface area (Å²) >= 11 is 0. The van der Waals surface area contributed by atoms with Gasteiger partial charge in [0, 0.05) is 6.07 Å². The van der Waals surface area contributed by atoms with Crippen LogP contribution in [0.25, 0.3) is 6.08 Å². The molecule has 20 heavy (non-hydrogen) atoms. The first kappa shape index (κ1) is 14.7. The van der Waals surface area contributed by atoms with Crippen molar-refractivity contribution in [1.82, 2.24) is 9.55 Å². The quantitative estimate of drug-likeness (QED) is 0.518. The first-order chi connectivity index (χ1) is 9.49. The Bertz CT molecular complexity index is 619. The summed E-state index contributed by atoms with van der Waals surface area (Å²) in [6.07, 6.45) is -1.76. The van der Waals surface area contributed by atoms with Gasteiger partial charge in [-0.05, 0) is 13.0 Å². The molecular formula is C12H16N2O6. The number of nitrogens with one attached hydrogen (secondary N) is 1. The van der Waals surface area contributed by atoms with Gasteiger partial charge in [-0.3, -0.25) is 14.3 Å². The van der Waals surface area contributed by atoms with E-state index in [1.165, 1.54) is 12.1 Å². The Morgan fingerprint density at radius 1 is 1.40 bits per heavy atom. The molecular weight excluding hydrogens is 268 g/mol. The molecule has 8 nitrogen and oxygen atoms in total. The minimum Gasteiger partial charge on any atom is -0.394 e. The van der Waals surface area contributed by atoms with Gasteiger partial charge in [0.1, 0.15) is 18.3 Å². The van der Waals surface area contributed by atoms with Crippen LogP contribution in [0.2, 0.25) is 0 Å². The summed E-state index contributed by atoms with van der Waals surface area (Å²) in [5.74, 6) is 0. The molecule has 0 aliphatic carbocycles. The molecule has 2 rings (SSSR count). The molecule has 1 unspecified atom stereocenters. The lowest BCUT2D eigenvalue weighted by atomic mass is 10.1. The van der Waals surface area contributed by atoms with Gasteiger partial charge in [-0.25, -0.2) is 4.79 Å². The van der Waals surface area contributed by atoms with Crippen LogP contribution in [0.4, 0.5) is 0 Å². The van der Waals surface area contributed by atoms with E-state index in [-0.39, 0.29) is 5.69 Å². The Morgan fingerprint density at radius 2 is 2.10 bits per heavy atom. The molecule has 0 aromatic carbocycles. The number of rotatable bonds is 3. The Morgan fingerprint density at radius 3 is 2.65 bits per heavy atom. The number of ether oxygens (including phenoxy) is 1. The van der Waals surface area contributed by atoms with Gasteiger partial charge in [0.25, 0.3) is 5.56 Å². The Hall–Kier alpha value is -1.74. The third kappa shape index (κ3) is 2.46. The van der Waals surface area contributed by atoms with Gasteiger partial charge in [-0.1, -0.05) is 6.08 Å². The second-order valence-electron chi connectivity index (χ2n) is 4.46. The van der Waals surface area contributed by atoms with Crippen molar-refractivity contribution in [1.29, 1.82) is 0 Å². The van der Waals surface area contributed by atoms with E-state index < -0.39 is 42.4 Å². The summed E-state index contributed by atoms with van der Waals surface area (Å²) in [6.45, 7) is 1.21. The van der Waals surface area contributed by atoms with Crippen LogP contribution in [0.3, 0.4) is 0 Å². The highest BCUT2D eigenvalue weighted by Crippen LogP contribution is 2.28. The zero-order valence-corrected chi connectivity index (χ0v) is 10.8. The highest BCUT2D eigenvalue weighted by Gasteiger charge is 2.44. The number of aromatic amines is 1. The van der Waals surface area contributed by atoms with Crippen molar-refractivity contribution >= 4 is 6.08 Å². The monoisotopic (exact) mass is 284 g/mol. The number of hydrogen-bond donors (Lipinski definition) is 4. The van der Waals surface area contributed by atoms with Crippen LogP contribution in [-0.2, 0) is 4.74 Å². The minimum atomic E-state index is -1.39. The van der Waals surface area contributed by atoms with Crippen molar-refractivity contribution < 1.29 is 20.1 Å². The third-order valence-electron chi connectivity index (χ3n) is 3.12. The lowest BCUT2D eigenvalue weighted by Crippen LogP contribution is -2.39. The van der Waals surface area contributed by atoms with Gasteiger partial charge in [0.15, 0.2) is 6.23 Å². The largest absolute Gasteiger partial charge is 0.394 e. The second kappa shape index (κ2) is 5.71. The molecule has 1 aromatic rings. The van der Waals surface area contributed by atoms with Gasteiger partial charge in [-0.15, -0.1) is 0 Å². The van der Waals surface area contributed by atoms with E-state index >= 15 is 0 Å². The Labute approximate surface area is 113 Å². The zero-order valence-electron chi connectivity index (χ0n) is 10.8. The fourth-order valence-electron chi connectivity index (χ4n) is 2.18. The molecule has 8 heteroatoms. The molecule has 4 N–H and O–H groups in total. The topological polar surface area (TPSA) is 125 Å². The maximum absolute atomic E-state index is 11.9. The van der Waals surface area contributed by atoms with E-state index in [0.717, 1.165) is 4.57 Å². The highest BCUT2D eigenvalue weighted by atomic mass is 16.6. The average Bonchev–Trinajstić information content (AvgIpc) is 2.66. The van der Waals surface area contributed by atoms with Crippen LogP contribution in [0, 0.1) is 0 Å². The van der Waals surface area contributed by atoms with E-state index in [0.29, 0.717) is 0 Å². The van der Waals surface area contributed by atoms with Crippen LogP contribution in [0.5, 0.6) is 0 Å². The molecule has 1 fully saturated rings. The Balaban J connectivity index is 2.53. The number of nitrogens with zero attached hydrogens (tertiary/aromatic N) is 1. The molecule has 0 radical (unpaired) electrons. The van der Waals surface area contributed by atoms with Crippen LogP contribution < -0.4 is 11.2 Å². The molecule has 0 bridgehead atoms. The van der Waals surface area contributed by atoms with Crippen molar-refractivity contribution in [2.75, 3.05) is 6.61 Å². The van der Waals surface area contributed by atoms with Gasteiger partial charge < -0.3 is 20.1 Å². The van der Waals surface area contributed by atoms with E-state index in [2.05, 4.69) is 4.98 Å². The van der Waals surface area contributed by atoms with E-state index in [1.807, 2.05) is 0 Å². The minimum absolute atomic E-state index is 0.232. The summed E-state index contributed by atoms with van der Waals surface area (Å²) < 4.78 is 6.32. The van der Waals surface area contributed by atoms with Crippen LogP contribution >= 0.6 is 0 Å². The van der Waals surface area contributed by atoms with Crippen LogP contribution in [0.15, 0.2) is 21.7 Å². The number of H-pyrrole nitrogens is 1. The summed E-state index contributed by atoms with van der Waals surface area (Å²) in [5, 5.41) is 28.7. The molecule has 4 atom stereocenters. The van der Waals surface area contributed by atoms with E-state index in [9.17, 15) is 19.8 Å².